The molecule has 0 unspecified atom stereocenters. The van der Waals surface area contributed by atoms with Gasteiger partial charge in [0.1, 0.15) is 6.07 Å². The second-order valence-corrected chi connectivity index (χ2v) is 5.15. The number of carbonyl (C=O) groups excluding carboxylic acids is 2. The normalized spacial score (nSPS) is 9.78. The highest BCUT2D eigenvalue weighted by atomic mass is 35.5. The minimum Gasteiger partial charge on any atom is -0.452 e. The van der Waals surface area contributed by atoms with E-state index in [2.05, 4.69) is 5.32 Å². The summed E-state index contributed by atoms with van der Waals surface area (Å²) < 4.78 is 4.98. The monoisotopic (exact) mass is 328 g/mol. The Bertz CT molecular complexity index is 797. The van der Waals surface area contributed by atoms with Crippen LogP contribution in [0.15, 0.2) is 42.5 Å². The summed E-state index contributed by atoms with van der Waals surface area (Å²) in [6.07, 6.45) is 0. The molecule has 0 fully saturated rings. The van der Waals surface area contributed by atoms with Gasteiger partial charge in [0.2, 0.25) is 0 Å². The highest BCUT2D eigenvalue weighted by Crippen LogP contribution is 2.20. The molecular formula is C17H13ClN2O3. The van der Waals surface area contributed by atoms with Gasteiger partial charge in [-0.3, -0.25) is 4.79 Å². The van der Waals surface area contributed by atoms with Crippen LogP contribution in [0.25, 0.3) is 0 Å². The number of halogens is 1. The summed E-state index contributed by atoms with van der Waals surface area (Å²) in [5.41, 5.74) is 1.93. The number of nitriles is 1. The van der Waals surface area contributed by atoms with Crippen molar-refractivity contribution in [2.45, 2.75) is 6.92 Å². The van der Waals surface area contributed by atoms with Crippen LogP contribution in [0.4, 0.5) is 5.69 Å². The van der Waals surface area contributed by atoms with E-state index in [9.17, 15) is 9.59 Å². The van der Waals surface area contributed by atoms with Crippen LogP contribution >= 0.6 is 11.6 Å². The van der Waals surface area contributed by atoms with Crippen molar-refractivity contribution in [3.05, 3.63) is 64.2 Å². The Balaban J connectivity index is 1.93. The van der Waals surface area contributed by atoms with Crippen molar-refractivity contribution < 1.29 is 14.3 Å². The maximum Gasteiger partial charge on any atom is 0.338 e. The molecule has 0 spiro atoms. The molecule has 0 atom stereocenters. The van der Waals surface area contributed by atoms with Crippen molar-refractivity contribution in [1.82, 2.24) is 0 Å². The van der Waals surface area contributed by atoms with Crippen LogP contribution in [0.5, 0.6) is 0 Å². The highest BCUT2D eigenvalue weighted by molar-refractivity contribution is 6.32. The molecule has 0 saturated carbocycles. The summed E-state index contributed by atoms with van der Waals surface area (Å²) >= 11 is 5.88. The van der Waals surface area contributed by atoms with Crippen molar-refractivity contribution in [1.29, 1.82) is 5.26 Å². The number of hydrogen-bond acceptors (Lipinski definition) is 4. The molecule has 1 N–H and O–H groups in total. The number of hydrogen-bond donors (Lipinski definition) is 1. The maximum atomic E-state index is 11.9. The van der Waals surface area contributed by atoms with Crippen molar-refractivity contribution in [3.8, 4) is 6.07 Å². The summed E-state index contributed by atoms with van der Waals surface area (Å²) in [4.78, 5) is 23.7. The third-order valence-electron chi connectivity index (χ3n) is 3.07. The fraction of sp³-hybridized carbons (Fsp3) is 0.118. The first kappa shape index (κ1) is 16.5. The molecule has 0 saturated heterocycles. The number of anilines is 1. The first-order chi connectivity index (χ1) is 11.0. The second-order valence-electron chi connectivity index (χ2n) is 4.75. The van der Waals surface area contributed by atoms with Crippen LogP contribution in [0, 0.1) is 18.3 Å². The molecule has 2 rings (SSSR count). The van der Waals surface area contributed by atoms with Crippen molar-refractivity contribution >= 4 is 29.2 Å². The Morgan fingerprint density at radius 3 is 2.65 bits per heavy atom. The Morgan fingerprint density at radius 2 is 2.00 bits per heavy atom. The molecule has 0 aliphatic heterocycles. The Kier molecular flexibility index (Phi) is 5.34. The van der Waals surface area contributed by atoms with Gasteiger partial charge in [0.05, 0.1) is 16.1 Å². The Hall–Kier alpha value is -2.84. The van der Waals surface area contributed by atoms with Gasteiger partial charge in [0, 0.05) is 5.69 Å². The highest BCUT2D eigenvalue weighted by Gasteiger charge is 2.12. The molecule has 0 radical (unpaired) electrons. The number of benzene rings is 2. The van der Waals surface area contributed by atoms with E-state index < -0.39 is 18.5 Å². The van der Waals surface area contributed by atoms with Gasteiger partial charge >= 0.3 is 5.97 Å². The minimum atomic E-state index is -0.559. The van der Waals surface area contributed by atoms with Gasteiger partial charge in [-0.2, -0.15) is 5.26 Å². The number of nitrogens with zero attached hydrogens (tertiary/aromatic N) is 1. The number of rotatable bonds is 4. The molecule has 116 valence electrons. The van der Waals surface area contributed by atoms with Crippen molar-refractivity contribution in [2.24, 2.45) is 0 Å². The van der Waals surface area contributed by atoms with E-state index in [1.165, 1.54) is 12.1 Å². The number of esters is 1. The third kappa shape index (κ3) is 4.31. The first-order valence-corrected chi connectivity index (χ1v) is 7.11. The van der Waals surface area contributed by atoms with E-state index in [1.807, 2.05) is 12.1 Å². The average molecular weight is 329 g/mol. The van der Waals surface area contributed by atoms with Gasteiger partial charge in [0.15, 0.2) is 6.61 Å². The predicted octanol–water partition coefficient (Wildman–Crippen LogP) is 3.32. The Morgan fingerprint density at radius 1 is 1.26 bits per heavy atom. The van der Waals surface area contributed by atoms with E-state index >= 15 is 0 Å². The number of amides is 1. The lowest BCUT2D eigenvalue weighted by atomic mass is 10.1. The zero-order valence-electron chi connectivity index (χ0n) is 12.3. The average Bonchev–Trinajstić information content (AvgIpc) is 2.53. The first-order valence-electron chi connectivity index (χ1n) is 6.73. The predicted molar refractivity (Wildman–Crippen MR) is 86.3 cm³/mol. The summed E-state index contributed by atoms with van der Waals surface area (Å²) in [5.74, 6) is -1.05. The van der Waals surface area contributed by atoms with Crippen LogP contribution in [0.3, 0.4) is 0 Å². The van der Waals surface area contributed by atoms with Crippen LogP contribution in [0.1, 0.15) is 21.5 Å². The van der Waals surface area contributed by atoms with E-state index in [1.54, 1.807) is 31.2 Å². The summed E-state index contributed by atoms with van der Waals surface area (Å²) in [6.45, 7) is 1.38. The van der Waals surface area contributed by atoms with Crippen molar-refractivity contribution in [3.63, 3.8) is 0 Å². The second kappa shape index (κ2) is 7.43. The van der Waals surface area contributed by atoms with E-state index in [0.717, 1.165) is 5.56 Å². The summed E-state index contributed by atoms with van der Waals surface area (Å²) in [6, 6.07) is 13.4. The van der Waals surface area contributed by atoms with Crippen LogP contribution in [-0.4, -0.2) is 18.5 Å². The molecule has 2 aromatic carbocycles. The molecule has 6 heteroatoms. The number of nitrogens with one attached hydrogen (secondary N) is 1. The zero-order chi connectivity index (χ0) is 16.8. The number of carbonyl (C=O) groups is 2. The largest absolute Gasteiger partial charge is 0.452 e. The van der Waals surface area contributed by atoms with E-state index in [-0.39, 0.29) is 5.02 Å². The fourth-order valence-electron chi connectivity index (χ4n) is 1.89. The van der Waals surface area contributed by atoms with Gasteiger partial charge in [-0.25, -0.2) is 4.79 Å². The van der Waals surface area contributed by atoms with Gasteiger partial charge in [-0.1, -0.05) is 29.8 Å². The van der Waals surface area contributed by atoms with E-state index in [0.29, 0.717) is 16.8 Å². The molecular weight excluding hydrogens is 316 g/mol. The number of ether oxygens (including phenoxy) is 1. The molecule has 1 amide bonds. The molecule has 5 nitrogen and oxygen atoms in total. The minimum absolute atomic E-state index is 0.238. The SMILES string of the molecule is Cc1ccccc1C(=O)OCC(=O)Nc1ccc(C#N)c(Cl)c1. The van der Waals surface area contributed by atoms with Crippen LogP contribution < -0.4 is 5.32 Å². The van der Waals surface area contributed by atoms with Gasteiger partial charge in [0.25, 0.3) is 5.91 Å². The van der Waals surface area contributed by atoms with Crippen LogP contribution in [-0.2, 0) is 9.53 Å². The lowest BCUT2D eigenvalue weighted by Crippen LogP contribution is -2.21. The standard InChI is InChI=1S/C17H13ClN2O3/c1-11-4-2-3-5-14(11)17(22)23-10-16(21)20-13-7-6-12(9-19)15(18)8-13/h2-8H,10H2,1H3,(H,20,21). The van der Waals surface area contributed by atoms with E-state index in [4.69, 9.17) is 21.6 Å². The quantitative estimate of drug-likeness (QED) is 0.873. The lowest BCUT2D eigenvalue weighted by molar-refractivity contribution is -0.119. The zero-order valence-corrected chi connectivity index (χ0v) is 13.1. The molecule has 0 heterocycles. The third-order valence-corrected chi connectivity index (χ3v) is 3.39. The summed E-state index contributed by atoms with van der Waals surface area (Å²) in [5, 5.41) is 11.6. The van der Waals surface area contributed by atoms with Gasteiger partial charge in [-0.05, 0) is 36.8 Å². The topological polar surface area (TPSA) is 79.2 Å². The molecule has 0 aromatic heterocycles. The molecule has 23 heavy (non-hydrogen) atoms. The van der Waals surface area contributed by atoms with Crippen molar-refractivity contribution in [2.75, 3.05) is 11.9 Å². The summed E-state index contributed by atoms with van der Waals surface area (Å²) in [7, 11) is 0. The lowest BCUT2D eigenvalue weighted by Gasteiger charge is -2.08. The van der Waals surface area contributed by atoms with Crippen LogP contribution in [0.2, 0.25) is 5.02 Å². The molecule has 0 bridgehead atoms. The number of aryl methyl sites for hydroxylation is 1. The Labute approximate surface area is 138 Å². The molecule has 0 aliphatic carbocycles. The fourth-order valence-corrected chi connectivity index (χ4v) is 2.11. The van der Waals surface area contributed by atoms with Gasteiger partial charge < -0.3 is 10.1 Å². The molecule has 2 aromatic rings. The molecule has 0 aliphatic rings. The smallest absolute Gasteiger partial charge is 0.338 e. The van der Waals surface area contributed by atoms with Gasteiger partial charge in [-0.15, -0.1) is 0 Å². The maximum absolute atomic E-state index is 11.9.